The summed E-state index contributed by atoms with van der Waals surface area (Å²) in [4.78, 5) is 12.2. The average molecular weight is 316 g/mol. The largest absolute Gasteiger partial charge is 0.427 e. The van der Waals surface area contributed by atoms with Crippen LogP contribution in [0.2, 0.25) is 6.04 Å². The molecule has 1 aliphatic rings. The van der Waals surface area contributed by atoms with Crippen LogP contribution in [0.3, 0.4) is 0 Å². The highest BCUT2D eigenvalue weighted by molar-refractivity contribution is 6.70. The molecule has 21 heavy (non-hydrogen) atoms. The molecule has 2 atom stereocenters. The predicted octanol–water partition coefficient (Wildman–Crippen LogP) is 2.93. The van der Waals surface area contributed by atoms with Crippen LogP contribution >= 0.6 is 0 Å². The molecule has 5 nitrogen and oxygen atoms in total. The molecule has 122 valence electrons. The number of hydrogen-bond donors (Lipinski definition) is 0. The zero-order valence-electron chi connectivity index (χ0n) is 13.9. The van der Waals surface area contributed by atoms with Crippen molar-refractivity contribution in [1.82, 2.24) is 0 Å². The van der Waals surface area contributed by atoms with Crippen LogP contribution in [-0.4, -0.2) is 41.3 Å². The van der Waals surface area contributed by atoms with Gasteiger partial charge in [-0.25, -0.2) is 4.79 Å². The molecule has 1 saturated heterocycles. The van der Waals surface area contributed by atoms with Gasteiger partial charge in [0.05, 0.1) is 0 Å². The zero-order valence-corrected chi connectivity index (χ0v) is 14.9. The fourth-order valence-electron chi connectivity index (χ4n) is 3.26. The number of esters is 1. The van der Waals surface area contributed by atoms with E-state index in [0.29, 0.717) is 5.57 Å². The Labute approximate surface area is 128 Å². The van der Waals surface area contributed by atoms with Gasteiger partial charge in [0.15, 0.2) is 0 Å². The topological polar surface area (TPSA) is 54.0 Å². The van der Waals surface area contributed by atoms with Crippen LogP contribution in [0.1, 0.15) is 39.5 Å². The first-order chi connectivity index (χ1) is 9.92. The lowest BCUT2D eigenvalue weighted by Gasteiger charge is -2.50. The molecule has 0 N–H and O–H groups in total. The quantitative estimate of drug-likeness (QED) is 0.313. The SMILES string of the molecule is C=C(C)C(=O)OC1(OC)C(CCC)CCC[Si]1(OC)OC. The lowest BCUT2D eigenvalue weighted by molar-refractivity contribution is -0.223. The molecule has 6 heteroatoms. The van der Waals surface area contributed by atoms with Crippen molar-refractivity contribution in [3.63, 3.8) is 0 Å². The third-order valence-corrected chi connectivity index (χ3v) is 8.43. The summed E-state index contributed by atoms with van der Waals surface area (Å²) in [6, 6.07) is 0.748. The summed E-state index contributed by atoms with van der Waals surface area (Å²) in [6.45, 7) is 7.40. The zero-order chi connectivity index (χ0) is 16.1. The monoisotopic (exact) mass is 316 g/mol. The van der Waals surface area contributed by atoms with Gasteiger partial charge in [-0.15, -0.1) is 0 Å². The maximum atomic E-state index is 12.2. The van der Waals surface area contributed by atoms with Crippen molar-refractivity contribution in [2.75, 3.05) is 21.3 Å². The number of methoxy groups -OCH3 is 1. The first-order valence-corrected chi connectivity index (χ1v) is 9.49. The first-order valence-electron chi connectivity index (χ1n) is 7.47. The maximum Gasteiger partial charge on any atom is 0.416 e. The molecule has 0 aromatic carbocycles. The Morgan fingerprint density at radius 1 is 1.33 bits per heavy atom. The molecular formula is C15H28O5Si. The van der Waals surface area contributed by atoms with Gasteiger partial charge in [0.1, 0.15) is 0 Å². The summed E-state index contributed by atoms with van der Waals surface area (Å²) >= 11 is 0. The van der Waals surface area contributed by atoms with Gasteiger partial charge in [-0.3, -0.25) is 0 Å². The second-order valence-corrected chi connectivity index (χ2v) is 9.10. The van der Waals surface area contributed by atoms with E-state index in [1.807, 2.05) is 0 Å². The fourth-order valence-corrected chi connectivity index (χ4v) is 6.89. The normalized spacial score (nSPS) is 28.1. The summed E-state index contributed by atoms with van der Waals surface area (Å²) in [5, 5.41) is 0. The summed E-state index contributed by atoms with van der Waals surface area (Å²) in [7, 11) is 1.98. The molecule has 2 unspecified atom stereocenters. The van der Waals surface area contributed by atoms with Gasteiger partial charge in [-0.1, -0.05) is 26.3 Å². The molecule has 0 spiro atoms. The molecule has 0 bridgehead atoms. The van der Waals surface area contributed by atoms with Crippen molar-refractivity contribution in [3.8, 4) is 0 Å². The van der Waals surface area contributed by atoms with Gasteiger partial charge in [0, 0.05) is 32.8 Å². The summed E-state index contributed by atoms with van der Waals surface area (Å²) < 4.78 is 23.1. The predicted molar refractivity (Wildman–Crippen MR) is 82.9 cm³/mol. The van der Waals surface area contributed by atoms with E-state index < -0.39 is 19.9 Å². The number of carbonyl (C=O) groups excluding carboxylic acids is 1. The van der Waals surface area contributed by atoms with E-state index in [0.717, 1.165) is 31.7 Å². The number of hydrogen-bond acceptors (Lipinski definition) is 5. The van der Waals surface area contributed by atoms with Crippen LogP contribution in [0.5, 0.6) is 0 Å². The second kappa shape index (κ2) is 7.53. The minimum atomic E-state index is -2.83. The molecule has 1 fully saturated rings. The molecule has 1 rings (SSSR count). The van der Waals surface area contributed by atoms with E-state index in [4.69, 9.17) is 18.3 Å². The number of rotatable bonds is 7. The highest BCUT2D eigenvalue weighted by atomic mass is 28.4. The Morgan fingerprint density at radius 2 is 1.95 bits per heavy atom. The van der Waals surface area contributed by atoms with Crippen molar-refractivity contribution in [1.29, 1.82) is 0 Å². The number of ether oxygens (including phenoxy) is 2. The molecule has 0 aromatic rings. The smallest absolute Gasteiger partial charge is 0.416 e. The molecule has 0 amide bonds. The summed E-state index contributed by atoms with van der Waals surface area (Å²) in [5.41, 5.74) is -0.761. The van der Waals surface area contributed by atoms with Gasteiger partial charge < -0.3 is 18.3 Å². The molecule has 1 aliphatic heterocycles. The van der Waals surface area contributed by atoms with Gasteiger partial charge in [0.25, 0.3) is 5.41 Å². The van der Waals surface area contributed by atoms with E-state index >= 15 is 0 Å². The Hall–Kier alpha value is -0.693. The highest BCUT2D eigenvalue weighted by Crippen LogP contribution is 2.46. The standard InChI is InChI=1S/C15H28O5Si/c1-7-9-13-10-8-11-21(18-5,19-6)15(13,17-4)20-14(16)12(2)3/h13H,2,7-11H2,1,3-6H3. The number of carbonyl (C=O) groups is 1. The van der Waals surface area contributed by atoms with Crippen molar-refractivity contribution in [3.05, 3.63) is 12.2 Å². The molecular weight excluding hydrogens is 288 g/mol. The third-order valence-electron chi connectivity index (χ3n) is 4.32. The van der Waals surface area contributed by atoms with Crippen LogP contribution in [-0.2, 0) is 23.1 Å². The average Bonchev–Trinajstić information content (AvgIpc) is 2.48. The Morgan fingerprint density at radius 3 is 2.38 bits per heavy atom. The third kappa shape index (κ3) is 3.23. The van der Waals surface area contributed by atoms with Gasteiger partial charge >= 0.3 is 14.5 Å². The van der Waals surface area contributed by atoms with E-state index in [1.165, 1.54) is 0 Å². The maximum absolute atomic E-state index is 12.2. The second-order valence-electron chi connectivity index (χ2n) is 5.58. The fraction of sp³-hybridized carbons (Fsp3) is 0.800. The van der Waals surface area contributed by atoms with Gasteiger partial charge in [0.2, 0.25) is 0 Å². The molecule has 0 aliphatic carbocycles. The summed E-state index contributed by atoms with van der Waals surface area (Å²) in [5.74, 6) is -0.373. The van der Waals surface area contributed by atoms with E-state index in [2.05, 4.69) is 13.5 Å². The van der Waals surface area contributed by atoms with Crippen LogP contribution in [0.25, 0.3) is 0 Å². The Kier molecular flexibility index (Phi) is 6.59. The lowest BCUT2D eigenvalue weighted by Crippen LogP contribution is -2.70. The van der Waals surface area contributed by atoms with Gasteiger partial charge in [-0.05, 0) is 25.8 Å². The van der Waals surface area contributed by atoms with Crippen LogP contribution in [0.15, 0.2) is 12.2 Å². The van der Waals surface area contributed by atoms with E-state index in [-0.39, 0.29) is 5.92 Å². The van der Waals surface area contributed by atoms with E-state index in [9.17, 15) is 4.79 Å². The van der Waals surface area contributed by atoms with Crippen LogP contribution < -0.4 is 0 Å². The van der Waals surface area contributed by atoms with E-state index in [1.54, 1.807) is 28.3 Å². The van der Waals surface area contributed by atoms with Crippen molar-refractivity contribution < 1.29 is 23.1 Å². The molecule has 0 aromatic heterocycles. The highest BCUT2D eigenvalue weighted by Gasteiger charge is 2.66. The Balaban J connectivity index is 3.28. The van der Waals surface area contributed by atoms with Crippen molar-refractivity contribution in [2.24, 2.45) is 5.92 Å². The van der Waals surface area contributed by atoms with Crippen LogP contribution in [0.4, 0.5) is 0 Å². The summed E-state index contributed by atoms with van der Waals surface area (Å²) in [6.07, 6.45) is 3.82. The molecule has 1 heterocycles. The van der Waals surface area contributed by atoms with Crippen molar-refractivity contribution >= 4 is 14.5 Å². The molecule has 0 saturated carbocycles. The van der Waals surface area contributed by atoms with Gasteiger partial charge in [-0.2, -0.15) is 0 Å². The minimum absolute atomic E-state index is 0.0797. The van der Waals surface area contributed by atoms with Crippen LogP contribution in [0, 0.1) is 5.92 Å². The first kappa shape index (κ1) is 18.4. The lowest BCUT2D eigenvalue weighted by atomic mass is 9.96. The molecule has 0 radical (unpaired) electrons. The Bertz CT molecular complexity index is 378. The van der Waals surface area contributed by atoms with Crippen molar-refractivity contribution in [2.45, 2.75) is 51.0 Å². The minimum Gasteiger partial charge on any atom is -0.427 e.